The highest BCUT2D eigenvalue weighted by Gasteiger charge is 2.20. The first-order valence-corrected chi connectivity index (χ1v) is 7.56. The van der Waals surface area contributed by atoms with Crippen molar-refractivity contribution in [3.05, 3.63) is 16.1 Å². The predicted molar refractivity (Wildman–Crippen MR) is 96.1 cm³/mol. The molecular weight excluding hydrogens is 385 g/mol. The predicted octanol–water partition coefficient (Wildman–Crippen LogP) is 1.83. The van der Waals surface area contributed by atoms with E-state index >= 15 is 0 Å². The molecule has 114 valence electrons. The van der Waals surface area contributed by atoms with Crippen LogP contribution in [0.5, 0.6) is 0 Å². The summed E-state index contributed by atoms with van der Waals surface area (Å²) >= 11 is 1.72. The fourth-order valence-electron chi connectivity index (χ4n) is 2.31. The number of nitrogens with zero attached hydrogens (tertiary/aromatic N) is 3. The first-order chi connectivity index (χ1) is 9.19. The first kappa shape index (κ1) is 17.6. The highest BCUT2D eigenvalue weighted by Crippen LogP contribution is 2.13. The Morgan fingerprint density at radius 3 is 2.90 bits per heavy atom. The number of halogens is 1. The minimum Gasteiger partial charge on any atom is -0.355 e. The van der Waals surface area contributed by atoms with E-state index in [0.717, 1.165) is 24.1 Å². The van der Waals surface area contributed by atoms with Crippen LogP contribution in [0.3, 0.4) is 0 Å². The van der Waals surface area contributed by atoms with Crippen molar-refractivity contribution < 1.29 is 0 Å². The van der Waals surface area contributed by atoms with Gasteiger partial charge in [-0.1, -0.05) is 0 Å². The number of aromatic nitrogens is 1. The van der Waals surface area contributed by atoms with Gasteiger partial charge in [-0.2, -0.15) is 0 Å². The molecule has 7 heteroatoms. The number of rotatable bonds is 4. The Morgan fingerprint density at radius 1 is 1.55 bits per heavy atom. The summed E-state index contributed by atoms with van der Waals surface area (Å²) in [4.78, 5) is 12.2. The van der Waals surface area contributed by atoms with Gasteiger partial charge in [0.1, 0.15) is 5.01 Å². The highest BCUT2D eigenvalue weighted by molar-refractivity contribution is 14.0. The van der Waals surface area contributed by atoms with Gasteiger partial charge in [-0.05, 0) is 33.4 Å². The van der Waals surface area contributed by atoms with Gasteiger partial charge in [0.15, 0.2) is 5.96 Å². The molecule has 1 aromatic rings. The van der Waals surface area contributed by atoms with Crippen LogP contribution < -0.4 is 10.6 Å². The fraction of sp³-hybridized carbons (Fsp3) is 0.692. The molecule has 0 aliphatic carbocycles. The van der Waals surface area contributed by atoms with Crippen molar-refractivity contribution in [3.8, 4) is 0 Å². The van der Waals surface area contributed by atoms with Crippen molar-refractivity contribution in [2.45, 2.75) is 32.4 Å². The second-order valence-electron chi connectivity index (χ2n) is 4.95. The van der Waals surface area contributed by atoms with Crippen LogP contribution in [-0.4, -0.2) is 49.1 Å². The van der Waals surface area contributed by atoms with Crippen LogP contribution in [0.2, 0.25) is 0 Å². The molecule has 1 aromatic heterocycles. The van der Waals surface area contributed by atoms with Gasteiger partial charge in [0.25, 0.3) is 0 Å². The molecule has 0 aromatic carbocycles. The minimum absolute atomic E-state index is 0. The van der Waals surface area contributed by atoms with Crippen molar-refractivity contribution in [2.75, 3.05) is 27.2 Å². The molecule has 5 nitrogen and oxygen atoms in total. The van der Waals surface area contributed by atoms with Gasteiger partial charge < -0.3 is 15.5 Å². The molecule has 0 amide bonds. The molecule has 2 rings (SSSR count). The van der Waals surface area contributed by atoms with Crippen LogP contribution in [0.25, 0.3) is 0 Å². The molecule has 20 heavy (non-hydrogen) atoms. The van der Waals surface area contributed by atoms with Gasteiger partial charge in [-0.25, -0.2) is 4.98 Å². The van der Waals surface area contributed by atoms with E-state index in [0.29, 0.717) is 6.04 Å². The van der Waals surface area contributed by atoms with Crippen molar-refractivity contribution in [1.82, 2.24) is 20.5 Å². The third-order valence-electron chi connectivity index (χ3n) is 3.48. The zero-order valence-corrected chi connectivity index (χ0v) is 15.5. The Bertz CT molecular complexity index is 434. The highest BCUT2D eigenvalue weighted by atomic mass is 127. The fourth-order valence-corrected chi connectivity index (χ4v) is 3.04. The molecular formula is C13H24IN5S. The standard InChI is InChI=1S/C13H23N5S.HI/c1-10-7-15-12(19-10)9-17-13(14-2)16-8-11-5-4-6-18(11)3;/h7,11H,4-6,8-9H2,1-3H3,(H2,14,16,17);1H. The zero-order chi connectivity index (χ0) is 13.7. The van der Waals surface area contributed by atoms with Gasteiger partial charge in [0.05, 0.1) is 6.54 Å². The topological polar surface area (TPSA) is 52.6 Å². The molecule has 1 fully saturated rings. The third-order valence-corrected chi connectivity index (χ3v) is 4.39. The molecule has 1 atom stereocenters. The molecule has 0 saturated carbocycles. The summed E-state index contributed by atoms with van der Waals surface area (Å²) < 4.78 is 0. The summed E-state index contributed by atoms with van der Waals surface area (Å²) in [5.74, 6) is 0.855. The number of hydrogen-bond acceptors (Lipinski definition) is 4. The molecule has 1 unspecified atom stereocenters. The van der Waals surface area contributed by atoms with Crippen LogP contribution >= 0.6 is 35.3 Å². The third kappa shape index (κ3) is 5.17. The monoisotopic (exact) mass is 409 g/mol. The smallest absolute Gasteiger partial charge is 0.191 e. The van der Waals surface area contributed by atoms with Gasteiger partial charge in [-0.3, -0.25) is 4.99 Å². The Morgan fingerprint density at radius 2 is 2.35 bits per heavy atom. The molecule has 1 saturated heterocycles. The first-order valence-electron chi connectivity index (χ1n) is 6.75. The summed E-state index contributed by atoms with van der Waals surface area (Å²) in [5.41, 5.74) is 0. The van der Waals surface area contributed by atoms with Gasteiger partial charge in [-0.15, -0.1) is 35.3 Å². The Hall–Kier alpha value is -0.410. The second-order valence-corrected chi connectivity index (χ2v) is 6.27. The maximum atomic E-state index is 4.34. The lowest BCUT2D eigenvalue weighted by molar-refractivity contribution is 0.309. The molecule has 2 N–H and O–H groups in total. The van der Waals surface area contributed by atoms with Crippen LogP contribution in [0.4, 0.5) is 0 Å². The minimum atomic E-state index is 0. The quantitative estimate of drug-likeness (QED) is 0.453. The van der Waals surface area contributed by atoms with Gasteiger partial charge in [0.2, 0.25) is 0 Å². The van der Waals surface area contributed by atoms with Crippen molar-refractivity contribution in [2.24, 2.45) is 4.99 Å². The van der Waals surface area contributed by atoms with E-state index in [2.05, 4.69) is 39.5 Å². The van der Waals surface area contributed by atoms with Crippen molar-refractivity contribution in [1.29, 1.82) is 0 Å². The number of likely N-dealkylation sites (tertiary alicyclic amines) is 1. The van der Waals surface area contributed by atoms with Gasteiger partial charge >= 0.3 is 0 Å². The maximum Gasteiger partial charge on any atom is 0.191 e. The summed E-state index contributed by atoms with van der Waals surface area (Å²) in [6.07, 6.45) is 4.48. The lowest BCUT2D eigenvalue weighted by Gasteiger charge is -2.21. The molecule has 2 heterocycles. The van der Waals surface area contributed by atoms with Crippen molar-refractivity contribution >= 4 is 41.3 Å². The lowest BCUT2D eigenvalue weighted by atomic mass is 10.2. The number of likely N-dealkylation sites (N-methyl/N-ethyl adjacent to an activating group) is 1. The zero-order valence-electron chi connectivity index (χ0n) is 12.3. The van der Waals surface area contributed by atoms with E-state index in [1.54, 1.807) is 18.4 Å². The lowest BCUT2D eigenvalue weighted by Crippen LogP contribution is -2.43. The maximum absolute atomic E-state index is 4.34. The van der Waals surface area contributed by atoms with Gasteiger partial charge in [0, 0.05) is 30.7 Å². The molecule has 0 radical (unpaired) electrons. The second kappa shape index (κ2) is 8.78. The summed E-state index contributed by atoms with van der Waals surface area (Å²) in [6.45, 7) is 4.96. The van der Waals surface area contributed by atoms with E-state index in [1.165, 1.54) is 24.3 Å². The number of nitrogens with one attached hydrogen (secondary N) is 2. The average Bonchev–Trinajstić information content (AvgIpc) is 2.99. The summed E-state index contributed by atoms with van der Waals surface area (Å²) in [5, 5.41) is 7.79. The SMILES string of the molecule is CN=C(NCc1ncc(C)s1)NCC1CCCN1C.I. The summed E-state index contributed by atoms with van der Waals surface area (Å²) in [6, 6.07) is 0.626. The Kier molecular flexibility index (Phi) is 7.75. The van der Waals surface area contributed by atoms with Crippen LogP contribution in [0.1, 0.15) is 22.7 Å². The summed E-state index contributed by atoms with van der Waals surface area (Å²) in [7, 11) is 3.99. The van der Waals surface area contributed by atoms with Crippen LogP contribution in [0.15, 0.2) is 11.2 Å². The number of hydrogen-bond donors (Lipinski definition) is 2. The number of guanidine groups is 1. The molecule has 1 aliphatic rings. The van der Waals surface area contributed by atoms with Crippen molar-refractivity contribution in [3.63, 3.8) is 0 Å². The Balaban J connectivity index is 0.00000200. The van der Waals surface area contributed by atoms with E-state index < -0.39 is 0 Å². The average molecular weight is 409 g/mol. The van der Waals surface area contributed by atoms with Crippen LogP contribution in [-0.2, 0) is 6.54 Å². The number of aryl methyl sites for hydroxylation is 1. The number of thiazole rings is 1. The Labute approximate surface area is 142 Å². The largest absolute Gasteiger partial charge is 0.355 e. The molecule has 1 aliphatic heterocycles. The van der Waals surface area contributed by atoms with Crippen LogP contribution in [0, 0.1) is 6.92 Å². The van der Waals surface area contributed by atoms with E-state index in [-0.39, 0.29) is 24.0 Å². The normalized spacial score (nSPS) is 19.8. The molecule has 0 spiro atoms. The van der Waals surface area contributed by atoms with E-state index in [4.69, 9.17) is 0 Å². The van der Waals surface area contributed by atoms with E-state index in [1.807, 2.05) is 6.20 Å². The number of aliphatic imine (C=N–C) groups is 1. The molecule has 0 bridgehead atoms. The van der Waals surface area contributed by atoms with E-state index in [9.17, 15) is 0 Å².